The number of nitrogens with two attached hydrogens (primary N) is 1. The Bertz CT molecular complexity index is 469. The van der Waals surface area contributed by atoms with E-state index in [9.17, 15) is 9.59 Å². The normalized spacial score (nSPS) is 9.55. The summed E-state index contributed by atoms with van der Waals surface area (Å²) in [5, 5.41) is 2.62. The van der Waals surface area contributed by atoms with Gasteiger partial charge in [0.25, 0.3) is 0 Å². The first-order chi connectivity index (χ1) is 9.08. The van der Waals surface area contributed by atoms with Gasteiger partial charge in [-0.15, -0.1) is 12.4 Å². The van der Waals surface area contributed by atoms with Crippen LogP contribution in [0.25, 0.3) is 0 Å². The Morgan fingerprint density at radius 3 is 2.65 bits per heavy atom. The van der Waals surface area contributed by atoms with Crippen molar-refractivity contribution in [2.45, 2.75) is 12.8 Å². The van der Waals surface area contributed by atoms with Gasteiger partial charge in [-0.2, -0.15) is 0 Å². The lowest BCUT2D eigenvalue weighted by molar-refractivity contribution is -0.121. The van der Waals surface area contributed by atoms with E-state index in [1.165, 1.54) is 7.11 Å². The molecule has 0 radical (unpaired) electrons. The average Bonchev–Trinajstić information content (AvgIpc) is 2.42. The molecule has 0 aliphatic carbocycles. The Balaban J connectivity index is 0.00000361. The van der Waals surface area contributed by atoms with Gasteiger partial charge in [-0.1, -0.05) is 15.9 Å². The minimum atomic E-state index is -0.173. The van der Waals surface area contributed by atoms with Crippen molar-refractivity contribution >= 4 is 40.0 Å². The molecule has 3 N–H and O–H groups in total. The molecule has 0 unspecified atom stereocenters. The highest BCUT2D eigenvalue weighted by Crippen LogP contribution is 2.24. The SMILES string of the molecule is COc1ccc(Br)cc1C(=O)CCC(=O)NCCN.Cl. The van der Waals surface area contributed by atoms with Gasteiger partial charge in [-0.05, 0) is 18.2 Å². The lowest BCUT2D eigenvalue weighted by Crippen LogP contribution is -2.29. The highest BCUT2D eigenvalue weighted by Gasteiger charge is 2.14. The molecular weight excluding hydrogens is 348 g/mol. The predicted octanol–water partition coefficient (Wildman–Crippen LogP) is 1.92. The number of rotatable bonds is 7. The summed E-state index contributed by atoms with van der Waals surface area (Å²) in [6.07, 6.45) is 0.289. The molecule has 0 heterocycles. The van der Waals surface area contributed by atoms with Crippen LogP contribution in [0.3, 0.4) is 0 Å². The van der Waals surface area contributed by atoms with Crippen LogP contribution in [0.1, 0.15) is 23.2 Å². The second kappa shape index (κ2) is 9.74. The van der Waals surface area contributed by atoms with Gasteiger partial charge in [-0.3, -0.25) is 9.59 Å². The fourth-order valence-corrected chi connectivity index (χ4v) is 1.92. The summed E-state index contributed by atoms with van der Waals surface area (Å²) >= 11 is 3.31. The van der Waals surface area contributed by atoms with E-state index in [0.29, 0.717) is 24.4 Å². The third-order valence-corrected chi connectivity index (χ3v) is 3.00. The first-order valence-electron chi connectivity index (χ1n) is 5.92. The lowest BCUT2D eigenvalue weighted by atomic mass is 10.1. The van der Waals surface area contributed by atoms with Gasteiger partial charge in [0.1, 0.15) is 5.75 Å². The number of amides is 1. The van der Waals surface area contributed by atoms with Crippen molar-refractivity contribution in [3.8, 4) is 5.75 Å². The Hall–Kier alpha value is -1.11. The highest BCUT2D eigenvalue weighted by molar-refractivity contribution is 9.10. The minimum absolute atomic E-state index is 0. The topological polar surface area (TPSA) is 81.4 Å². The zero-order chi connectivity index (χ0) is 14.3. The second-order valence-electron chi connectivity index (χ2n) is 3.91. The molecule has 0 spiro atoms. The van der Waals surface area contributed by atoms with Gasteiger partial charge in [0.15, 0.2) is 5.78 Å². The molecule has 0 aromatic heterocycles. The number of hydrogen-bond donors (Lipinski definition) is 2. The van der Waals surface area contributed by atoms with Crippen molar-refractivity contribution < 1.29 is 14.3 Å². The van der Waals surface area contributed by atoms with Crippen molar-refractivity contribution in [3.05, 3.63) is 28.2 Å². The molecule has 5 nitrogen and oxygen atoms in total. The van der Waals surface area contributed by atoms with Crippen molar-refractivity contribution in [1.29, 1.82) is 0 Å². The number of ketones is 1. The Morgan fingerprint density at radius 1 is 1.35 bits per heavy atom. The monoisotopic (exact) mass is 364 g/mol. The maximum absolute atomic E-state index is 12.0. The smallest absolute Gasteiger partial charge is 0.220 e. The van der Waals surface area contributed by atoms with E-state index >= 15 is 0 Å². The number of Topliss-reactive ketones (excluding diaryl/α,β-unsaturated/α-hetero) is 1. The summed E-state index contributed by atoms with van der Waals surface area (Å²) in [6, 6.07) is 5.20. The van der Waals surface area contributed by atoms with Crippen molar-refractivity contribution in [3.63, 3.8) is 0 Å². The molecule has 0 atom stereocenters. The molecule has 1 aromatic rings. The van der Waals surface area contributed by atoms with Crippen LogP contribution >= 0.6 is 28.3 Å². The van der Waals surface area contributed by atoms with Gasteiger partial charge < -0.3 is 15.8 Å². The molecule has 0 bridgehead atoms. The van der Waals surface area contributed by atoms with E-state index in [0.717, 1.165) is 4.47 Å². The van der Waals surface area contributed by atoms with Crippen LogP contribution in [0.5, 0.6) is 5.75 Å². The quantitative estimate of drug-likeness (QED) is 0.723. The number of carbonyl (C=O) groups is 2. The molecule has 7 heteroatoms. The summed E-state index contributed by atoms with van der Waals surface area (Å²) in [7, 11) is 1.51. The molecule has 0 fully saturated rings. The number of carbonyl (C=O) groups excluding carboxylic acids is 2. The third-order valence-electron chi connectivity index (χ3n) is 2.51. The van der Waals surface area contributed by atoms with Crippen molar-refractivity contribution in [1.82, 2.24) is 5.32 Å². The molecule has 1 aromatic carbocycles. The summed E-state index contributed by atoms with van der Waals surface area (Å²) in [6.45, 7) is 0.812. The summed E-state index contributed by atoms with van der Waals surface area (Å²) < 4.78 is 5.93. The minimum Gasteiger partial charge on any atom is -0.496 e. The lowest BCUT2D eigenvalue weighted by Gasteiger charge is -2.08. The molecule has 0 saturated heterocycles. The number of halogens is 2. The fourth-order valence-electron chi connectivity index (χ4n) is 1.56. The zero-order valence-corrected chi connectivity index (χ0v) is 13.6. The number of ether oxygens (including phenoxy) is 1. The first-order valence-corrected chi connectivity index (χ1v) is 6.71. The van der Waals surface area contributed by atoms with Gasteiger partial charge in [0.2, 0.25) is 5.91 Å². The number of methoxy groups -OCH3 is 1. The van der Waals surface area contributed by atoms with E-state index in [2.05, 4.69) is 21.2 Å². The van der Waals surface area contributed by atoms with E-state index in [-0.39, 0.29) is 36.9 Å². The summed E-state index contributed by atoms with van der Waals surface area (Å²) in [5.41, 5.74) is 5.75. The van der Waals surface area contributed by atoms with E-state index in [1.54, 1.807) is 18.2 Å². The standard InChI is InChI=1S/C13H17BrN2O3.ClH/c1-19-12-4-2-9(14)8-10(12)11(17)3-5-13(18)16-7-6-15;/h2,4,8H,3,5-7,15H2,1H3,(H,16,18);1H. The third kappa shape index (κ3) is 5.90. The average molecular weight is 366 g/mol. The Morgan fingerprint density at radius 2 is 2.05 bits per heavy atom. The maximum Gasteiger partial charge on any atom is 0.220 e. The number of hydrogen-bond acceptors (Lipinski definition) is 4. The van der Waals surface area contributed by atoms with Crippen LogP contribution in [-0.4, -0.2) is 31.9 Å². The molecule has 1 rings (SSSR count). The predicted molar refractivity (Wildman–Crippen MR) is 83.6 cm³/mol. The van der Waals surface area contributed by atoms with Gasteiger partial charge in [0.05, 0.1) is 12.7 Å². The van der Waals surface area contributed by atoms with E-state index < -0.39 is 0 Å². The van der Waals surface area contributed by atoms with Crippen LogP contribution in [0, 0.1) is 0 Å². The molecule has 20 heavy (non-hydrogen) atoms. The van der Waals surface area contributed by atoms with Gasteiger partial charge in [0, 0.05) is 30.4 Å². The molecular formula is C13H18BrClN2O3. The fraction of sp³-hybridized carbons (Fsp3) is 0.385. The van der Waals surface area contributed by atoms with Crippen molar-refractivity contribution in [2.75, 3.05) is 20.2 Å². The Labute approximate surface area is 132 Å². The number of nitrogens with one attached hydrogen (secondary N) is 1. The molecule has 1 amide bonds. The van der Waals surface area contributed by atoms with Crippen LogP contribution in [0.2, 0.25) is 0 Å². The van der Waals surface area contributed by atoms with Crippen LogP contribution in [0.4, 0.5) is 0 Å². The second-order valence-corrected chi connectivity index (χ2v) is 4.82. The zero-order valence-electron chi connectivity index (χ0n) is 11.1. The maximum atomic E-state index is 12.0. The molecule has 0 aliphatic rings. The highest BCUT2D eigenvalue weighted by atomic mass is 79.9. The summed E-state index contributed by atoms with van der Waals surface area (Å²) in [5.74, 6) is 0.212. The van der Waals surface area contributed by atoms with Crippen molar-refractivity contribution in [2.24, 2.45) is 5.73 Å². The molecule has 0 saturated carbocycles. The first kappa shape index (κ1) is 18.9. The van der Waals surface area contributed by atoms with E-state index in [4.69, 9.17) is 10.5 Å². The van der Waals surface area contributed by atoms with E-state index in [1.807, 2.05) is 0 Å². The Kier molecular flexibility index (Phi) is 9.20. The molecule has 112 valence electrons. The molecule has 0 aliphatic heterocycles. The van der Waals surface area contributed by atoms with Crippen LogP contribution in [0.15, 0.2) is 22.7 Å². The van der Waals surface area contributed by atoms with Crippen LogP contribution in [-0.2, 0) is 4.79 Å². The van der Waals surface area contributed by atoms with Gasteiger partial charge >= 0.3 is 0 Å². The summed E-state index contributed by atoms with van der Waals surface area (Å²) in [4.78, 5) is 23.4. The number of benzene rings is 1. The van der Waals surface area contributed by atoms with Gasteiger partial charge in [-0.25, -0.2) is 0 Å². The largest absolute Gasteiger partial charge is 0.496 e. The van der Waals surface area contributed by atoms with Crippen LogP contribution < -0.4 is 15.8 Å².